The Morgan fingerprint density at radius 1 is 1.08 bits per heavy atom. The molecule has 0 radical (unpaired) electrons. The molecule has 0 heterocycles. The number of carbonyl (C=O) groups is 3. The predicted molar refractivity (Wildman–Crippen MR) is 85.8 cm³/mol. The van der Waals surface area contributed by atoms with Crippen LogP contribution in [-0.4, -0.2) is 30.2 Å². The van der Waals surface area contributed by atoms with Gasteiger partial charge >= 0.3 is 41.5 Å². The van der Waals surface area contributed by atoms with Gasteiger partial charge in [0.15, 0.2) is 0 Å². The topological polar surface area (TPSA) is 119 Å². The Morgan fingerprint density at radius 2 is 1.65 bits per heavy atom. The fraction of sp³-hybridized carbons (Fsp3) is 0.500. The Bertz CT molecular complexity index is 615. The number of hydrogen-bond acceptors (Lipinski definition) is 7. The number of carboxylic acid groups (broad SMARTS) is 1. The van der Waals surface area contributed by atoms with Gasteiger partial charge in [0, 0.05) is 12.9 Å². The molecule has 1 aromatic rings. The first-order valence-corrected chi connectivity index (χ1v) is 8.31. The molecular weight excluding hydrogens is 349 g/mol. The molecular formula is C18H22NNaO6. The minimum absolute atomic E-state index is 0. The van der Waals surface area contributed by atoms with E-state index in [1.54, 1.807) is 30.3 Å². The van der Waals surface area contributed by atoms with Gasteiger partial charge < -0.3 is 25.1 Å². The number of hydrogen-bond donors (Lipinski definition) is 1. The van der Waals surface area contributed by atoms with Crippen molar-refractivity contribution >= 4 is 17.9 Å². The first kappa shape index (κ1) is 22.6. The van der Waals surface area contributed by atoms with Gasteiger partial charge in [-0.25, -0.2) is 4.79 Å². The predicted octanol–water partition coefficient (Wildman–Crippen LogP) is -2.38. The normalized spacial score (nSPS) is 21.6. The number of nitrogens with two attached hydrogens (primary N) is 1. The van der Waals surface area contributed by atoms with Gasteiger partial charge in [0.25, 0.3) is 0 Å². The molecule has 1 saturated carbocycles. The van der Waals surface area contributed by atoms with Crippen molar-refractivity contribution < 1.29 is 58.5 Å². The van der Waals surface area contributed by atoms with E-state index in [1.807, 2.05) is 0 Å². The molecule has 0 saturated heterocycles. The van der Waals surface area contributed by atoms with Crippen LogP contribution in [0.2, 0.25) is 0 Å². The second-order valence-electron chi connectivity index (χ2n) is 6.23. The Morgan fingerprint density at radius 3 is 2.19 bits per heavy atom. The summed E-state index contributed by atoms with van der Waals surface area (Å²) < 4.78 is 10.2. The van der Waals surface area contributed by atoms with E-state index < -0.39 is 36.2 Å². The molecule has 2 rings (SSSR count). The summed E-state index contributed by atoms with van der Waals surface area (Å²) in [7, 11) is 0. The molecule has 1 aliphatic rings. The number of rotatable bonds is 6. The van der Waals surface area contributed by atoms with Crippen LogP contribution in [0.5, 0.6) is 0 Å². The first-order chi connectivity index (χ1) is 11.9. The van der Waals surface area contributed by atoms with Gasteiger partial charge in [-0.15, -0.1) is 0 Å². The summed E-state index contributed by atoms with van der Waals surface area (Å²) in [5, 5.41) is 10.8. The zero-order valence-electron chi connectivity index (χ0n) is 15.1. The first-order valence-electron chi connectivity index (χ1n) is 8.31. The number of ether oxygens (including phenoxy) is 2. The number of aliphatic carboxylic acids is 1. The maximum Gasteiger partial charge on any atom is 1.00 e. The number of esters is 2. The van der Waals surface area contributed by atoms with Gasteiger partial charge in [0.2, 0.25) is 6.29 Å². The molecule has 0 amide bonds. The third kappa shape index (κ3) is 6.39. The maximum absolute atomic E-state index is 12.1. The molecule has 1 aliphatic carbocycles. The van der Waals surface area contributed by atoms with Gasteiger partial charge in [0.1, 0.15) is 6.04 Å². The Hall–Kier alpha value is -1.41. The largest absolute Gasteiger partial charge is 1.00 e. The monoisotopic (exact) mass is 371 g/mol. The molecule has 2 atom stereocenters. The molecule has 0 aromatic heterocycles. The van der Waals surface area contributed by atoms with E-state index in [1.165, 1.54) is 6.92 Å². The Kier molecular flexibility index (Phi) is 9.29. The van der Waals surface area contributed by atoms with Crippen LogP contribution in [0.3, 0.4) is 0 Å². The molecule has 26 heavy (non-hydrogen) atoms. The summed E-state index contributed by atoms with van der Waals surface area (Å²) in [5.41, 5.74) is 6.28. The third-order valence-corrected chi connectivity index (χ3v) is 4.45. The van der Waals surface area contributed by atoms with Crippen molar-refractivity contribution in [3.05, 3.63) is 35.9 Å². The average molecular weight is 371 g/mol. The van der Waals surface area contributed by atoms with Crippen LogP contribution >= 0.6 is 0 Å². The molecule has 0 aliphatic heterocycles. The average Bonchev–Trinajstić information content (AvgIpc) is 2.61. The second kappa shape index (κ2) is 10.7. The van der Waals surface area contributed by atoms with E-state index >= 15 is 0 Å². The van der Waals surface area contributed by atoms with Crippen LogP contribution in [0, 0.1) is 11.8 Å². The van der Waals surface area contributed by atoms with Crippen molar-refractivity contribution in [1.82, 2.24) is 0 Å². The second-order valence-corrected chi connectivity index (χ2v) is 6.23. The van der Waals surface area contributed by atoms with Crippen LogP contribution in [-0.2, 0) is 19.1 Å². The van der Waals surface area contributed by atoms with E-state index in [-0.39, 0.29) is 35.5 Å². The Labute approximate surface area is 174 Å². The quantitative estimate of drug-likeness (QED) is 0.337. The Balaban J connectivity index is 0.00000338. The minimum atomic E-state index is -1.06. The van der Waals surface area contributed by atoms with Crippen molar-refractivity contribution in [3.63, 3.8) is 0 Å². The molecule has 2 N–H and O–H groups in total. The van der Waals surface area contributed by atoms with E-state index in [2.05, 4.69) is 0 Å². The molecule has 0 bridgehead atoms. The molecule has 1 aromatic carbocycles. The molecule has 1 fully saturated rings. The van der Waals surface area contributed by atoms with E-state index in [4.69, 9.17) is 15.2 Å². The minimum Gasteiger partial charge on any atom is -0.550 e. The summed E-state index contributed by atoms with van der Waals surface area (Å²) in [6.45, 7) is 1.44. The SMILES string of the molecule is CC(OC(=O)c1ccccc1)OC(=O)C(N)C1CCC(C(=O)[O-])CC1.[Na+]. The summed E-state index contributed by atoms with van der Waals surface area (Å²) in [6, 6.07) is 7.49. The van der Waals surface area contributed by atoms with Gasteiger partial charge in [-0.3, -0.25) is 4.79 Å². The van der Waals surface area contributed by atoms with Crippen LogP contribution in [0.25, 0.3) is 0 Å². The van der Waals surface area contributed by atoms with Crippen LogP contribution in [0.15, 0.2) is 30.3 Å². The number of carbonyl (C=O) groups excluding carboxylic acids is 3. The molecule has 8 heteroatoms. The van der Waals surface area contributed by atoms with Crippen LogP contribution in [0.1, 0.15) is 43.0 Å². The van der Waals surface area contributed by atoms with Crippen LogP contribution < -0.4 is 40.4 Å². The van der Waals surface area contributed by atoms with Gasteiger partial charge in [-0.2, -0.15) is 0 Å². The molecule has 7 nitrogen and oxygen atoms in total. The fourth-order valence-electron chi connectivity index (χ4n) is 2.97. The van der Waals surface area contributed by atoms with Crippen molar-refractivity contribution in [1.29, 1.82) is 0 Å². The van der Waals surface area contributed by atoms with Crippen molar-refractivity contribution in [2.75, 3.05) is 0 Å². The van der Waals surface area contributed by atoms with Crippen molar-refractivity contribution in [2.45, 2.75) is 44.9 Å². The van der Waals surface area contributed by atoms with Gasteiger partial charge in [-0.05, 0) is 49.7 Å². The molecule has 2 unspecified atom stereocenters. The smallest absolute Gasteiger partial charge is 0.550 e. The zero-order valence-corrected chi connectivity index (χ0v) is 17.1. The van der Waals surface area contributed by atoms with Crippen molar-refractivity contribution in [2.24, 2.45) is 17.6 Å². The molecule has 0 spiro atoms. The molecule has 136 valence electrons. The standard InChI is InChI=1S/C18H23NO6.Na/c1-11(24-17(22)14-5-3-2-4-6-14)25-18(23)15(19)12-7-9-13(10-8-12)16(20)21;/h2-6,11-13,15H,7-10,19H2,1H3,(H,20,21);/q;+1/p-1. The number of benzene rings is 1. The summed E-state index contributed by atoms with van der Waals surface area (Å²) in [6.07, 6.45) is 0.852. The van der Waals surface area contributed by atoms with Crippen LogP contribution in [0.4, 0.5) is 0 Å². The summed E-state index contributed by atoms with van der Waals surface area (Å²) >= 11 is 0. The third-order valence-electron chi connectivity index (χ3n) is 4.45. The van der Waals surface area contributed by atoms with E-state index in [0.29, 0.717) is 31.2 Å². The van der Waals surface area contributed by atoms with Gasteiger partial charge in [0.05, 0.1) is 5.56 Å². The maximum atomic E-state index is 12.1. The summed E-state index contributed by atoms with van der Waals surface area (Å²) in [5.74, 6) is -2.95. The van der Waals surface area contributed by atoms with Gasteiger partial charge in [-0.1, -0.05) is 18.2 Å². The number of carboxylic acids is 1. The zero-order chi connectivity index (χ0) is 18.4. The van der Waals surface area contributed by atoms with Crippen molar-refractivity contribution in [3.8, 4) is 0 Å². The fourth-order valence-corrected chi connectivity index (χ4v) is 2.97. The van der Waals surface area contributed by atoms with E-state index in [0.717, 1.165) is 0 Å². The summed E-state index contributed by atoms with van der Waals surface area (Å²) in [4.78, 5) is 34.9. The van der Waals surface area contributed by atoms with E-state index in [9.17, 15) is 19.5 Å².